The Morgan fingerprint density at radius 3 is 2.77 bits per heavy atom. The van der Waals surface area contributed by atoms with Gasteiger partial charge in [-0.2, -0.15) is 0 Å². The number of piperidine rings is 1. The van der Waals surface area contributed by atoms with E-state index in [9.17, 15) is 8.42 Å². The number of benzene rings is 1. The van der Waals surface area contributed by atoms with Gasteiger partial charge in [-0.05, 0) is 42.4 Å². The Bertz CT molecular complexity index is 720. The lowest BCUT2D eigenvalue weighted by molar-refractivity contribution is 0.142. The highest BCUT2D eigenvalue weighted by atomic mass is 127. The van der Waals surface area contributed by atoms with Gasteiger partial charge in [-0.1, -0.05) is 32.4 Å². The first-order valence-corrected chi connectivity index (χ1v) is 10.4. The van der Waals surface area contributed by atoms with E-state index in [0.717, 1.165) is 31.0 Å². The Hall–Kier alpha value is -0.870. The lowest BCUT2D eigenvalue weighted by Crippen LogP contribution is -2.49. The Morgan fingerprint density at radius 1 is 1.42 bits per heavy atom. The largest absolute Gasteiger partial charge is 0.352 e. The van der Waals surface area contributed by atoms with Crippen molar-refractivity contribution < 1.29 is 8.42 Å². The van der Waals surface area contributed by atoms with Crippen LogP contribution in [0.5, 0.6) is 0 Å². The summed E-state index contributed by atoms with van der Waals surface area (Å²) in [5.41, 5.74) is 1.19. The van der Waals surface area contributed by atoms with Crippen LogP contribution in [0, 0.1) is 5.41 Å². The Labute approximate surface area is 174 Å². The molecule has 0 spiro atoms. The summed E-state index contributed by atoms with van der Waals surface area (Å²) in [5, 5.41) is 8.56. The van der Waals surface area contributed by atoms with Crippen molar-refractivity contribution in [2.45, 2.75) is 51.0 Å². The van der Waals surface area contributed by atoms with Gasteiger partial charge >= 0.3 is 0 Å². The molecule has 1 aliphatic heterocycles. The maximum Gasteiger partial charge on any atom is 0.238 e. The second kappa shape index (κ2) is 9.89. The van der Waals surface area contributed by atoms with Crippen LogP contribution in [0.2, 0.25) is 0 Å². The number of hydrogen-bond acceptors (Lipinski definition) is 3. The third kappa shape index (κ3) is 6.38. The third-order valence-corrected chi connectivity index (χ3v) is 5.73. The van der Waals surface area contributed by atoms with Crippen LogP contribution < -0.4 is 10.5 Å². The number of guanidine groups is 1. The van der Waals surface area contributed by atoms with Crippen LogP contribution in [-0.2, 0) is 16.6 Å². The topological polar surface area (TPSA) is 87.8 Å². The number of hydrogen-bond donors (Lipinski definition) is 2. The van der Waals surface area contributed by atoms with E-state index >= 15 is 0 Å². The lowest BCUT2D eigenvalue weighted by Gasteiger charge is -2.42. The summed E-state index contributed by atoms with van der Waals surface area (Å²) in [5.74, 6) is 0.864. The minimum Gasteiger partial charge on any atom is -0.352 e. The molecule has 0 aliphatic carbocycles. The first-order chi connectivity index (χ1) is 11.8. The molecule has 1 aromatic carbocycles. The van der Waals surface area contributed by atoms with Crippen LogP contribution in [-0.4, -0.2) is 39.4 Å². The van der Waals surface area contributed by atoms with Crippen LogP contribution >= 0.6 is 24.0 Å². The van der Waals surface area contributed by atoms with E-state index in [4.69, 9.17) is 5.14 Å². The van der Waals surface area contributed by atoms with Gasteiger partial charge in [0, 0.05) is 26.7 Å². The number of halogens is 1. The van der Waals surface area contributed by atoms with Crippen LogP contribution in [0.1, 0.15) is 45.1 Å². The van der Waals surface area contributed by atoms with Crippen LogP contribution in [0.15, 0.2) is 34.2 Å². The molecule has 1 saturated heterocycles. The number of rotatable bonds is 5. The van der Waals surface area contributed by atoms with Gasteiger partial charge in [-0.25, -0.2) is 13.6 Å². The molecule has 0 aromatic heterocycles. The van der Waals surface area contributed by atoms with Crippen molar-refractivity contribution in [1.82, 2.24) is 10.2 Å². The van der Waals surface area contributed by atoms with E-state index in [1.54, 1.807) is 19.2 Å². The van der Waals surface area contributed by atoms with Crippen molar-refractivity contribution in [1.29, 1.82) is 0 Å². The monoisotopic (exact) mass is 494 g/mol. The summed E-state index contributed by atoms with van der Waals surface area (Å²) in [6, 6.07) is 6.70. The van der Waals surface area contributed by atoms with Crippen molar-refractivity contribution >= 4 is 40.0 Å². The molecule has 1 fully saturated rings. The molecule has 6 nitrogen and oxygen atoms in total. The van der Waals surface area contributed by atoms with Gasteiger partial charge in [0.2, 0.25) is 10.0 Å². The fourth-order valence-electron chi connectivity index (χ4n) is 3.65. The van der Waals surface area contributed by atoms with Gasteiger partial charge in [-0.3, -0.25) is 4.99 Å². The average molecular weight is 494 g/mol. The fraction of sp³-hybridized carbons (Fsp3) is 0.611. The number of nitrogens with two attached hydrogens (primary N) is 1. The van der Waals surface area contributed by atoms with Crippen LogP contribution in [0.3, 0.4) is 0 Å². The molecular weight excluding hydrogens is 463 g/mol. The minimum atomic E-state index is -3.68. The third-order valence-electron chi connectivity index (χ3n) is 4.82. The molecule has 0 amide bonds. The molecule has 1 unspecified atom stereocenters. The molecule has 3 N–H and O–H groups in total. The van der Waals surface area contributed by atoms with Crippen LogP contribution in [0.25, 0.3) is 0 Å². The van der Waals surface area contributed by atoms with E-state index in [1.807, 2.05) is 6.07 Å². The summed E-state index contributed by atoms with van der Waals surface area (Å²) in [7, 11) is -1.89. The molecule has 1 heterocycles. The van der Waals surface area contributed by atoms with Gasteiger partial charge in [0.25, 0.3) is 0 Å². The van der Waals surface area contributed by atoms with E-state index < -0.39 is 10.0 Å². The summed E-state index contributed by atoms with van der Waals surface area (Å²) >= 11 is 0. The first-order valence-electron chi connectivity index (χ1n) is 8.85. The second-order valence-corrected chi connectivity index (χ2v) is 8.74. The average Bonchev–Trinajstić information content (AvgIpc) is 2.55. The predicted molar refractivity (Wildman–Crippen MR) is 117 cm³/mol. The first kappa shape index (κ1) is 23.2. The molecule has 1 aliphatic rings. The Balaban J connectivity index is 0.00000338. The highest BCUT2D eigenvalue weighted by Gasteiger charge is 2.31. The van der Waals surface area contributed by atoms with Crippen molar-refractivity contribution in [2.75, 3.05) is 20.1 Å². The molecule has 26 heavy (non-hydrogen) atoms. The van der Waals surface area contributed by atoms with Crippen LogP contribution in [0.4, 0.5) is 0 Å². The molecular formula is C18H31IN4O2S. The summed E-state index contributed by atoms with van der Waals surface area (Å²) in [4.78, 5) is 6.85. The van der Waals surface area contributed by atoms with E-state index in [0.29, 0.717) is 12.0 Å². The van der Waals surface area contributed by atoms with Gasteiger partial charge < -0.3 is 10.2 Å². The summed E-state index contributed by atoms with van der Waals surface area (Å²) in [6.45, 7) is 7.09. The predicted octanol–water partition coefficient (Wildman–Crippen LogP) is 2.93. The lowest BCUT2D eigenvalue weighted by atomic mass is 9.78. The van der Waals surface area contributed by atoms with Crippen molar-refractivity contribution in [3.63, 3.8) is 0 Å². The molecule has 2 rings (SSSR count). The number of aliphatic imine (C=N–C) groups is 1. The van der Waals surface area contributed by atoms with E-state index in [1.165, 1.54) is 25.3 Å². The summed E-state index contributed by atoms with van der Waals surface area (Å²) < 4.78 is 23.0. The van der Waals surface area contributed by atoms with Crippen molar-refractivity contribution in [2.24, 2.45) is 15.5 Å². The summed E-state index contributed by atoms with van der Waals surface area (Å²) in [6.07, 6.45) is 4.83. The molecule has 1 atom stereocenters. The minimum absolute atomic E-state index is 0. The fourth-order valence-corrected chi connectivity index (χ4v) is 4.23. The van der Waals surface area contributed by atoms with Gasteiger partial charge in [0.05, 0.1) is 4.90 Å². The molecule has 0 saturated carbocycles. The Morgan fingerprint density at radius 2 is 2.15 bits per heavy atom. The van der Waals surface area contributed by atoms with Crippen molar-refractivity contribution in [3.05, 3.63) is 29.8 Å². The molecule has 8 heteroatoms. The number of sulfonamides is 1. The zero-order valence-electron chi connectivity index (χ0n) is 15.9. The highest BCUT2D eigenvalue weighted by molar-refractivity contribution is 14.0. The number of primary sulfonamides is 1. The van der Waals surface area contributed by atoms with Gasteiger partial charge in [0.15, 0.2) is 5.96 Å². The molecule has 148 valence electrons. The number of likely N-dealkylation sites (tertiary alicyclic amines) is 1. The smallest absolute Gasteiger partial charge is 0.238 e. The maximum absolute atomic E-state index is 11.5. The zero-order chi connectivity index (χ0) is 18.5. The Kier molecular flexibility index (Phi) is 8.81. The van der Waals surface area contributed by atoms with Gasteiger partial charge in [0.1, 0.15) is 0 Å². The molecule has 1 aromatic rings. The zero-order valence-corrected chi connectivity index (χ0v) is 19.0. The SMILES string of the molecule is CCCC1(C)CCCN(C(=NC)NCc2cccc(S(N)(=O)=O)c2)C1.I. The van der Waals surface area contributed by atoms with Crippen molar-refractivity contribution in [3.8, 4) is 0 Å². The van der Waals surface area contributed by atoms with E-state index in [-0.39, 0.29) is 28.9 Å². The van der Waals surface area contributed by atoms with Gasteiger partial charge in [-0.15, -0.1) is 24.0 Å². The molecule has 0 bridgehead atoms. The quantitative estimate of drug-likeness (QED) is 0.375. The standard InChI is InChI=1S/C18H30N4O2S.HI/c1-4-9-18(2)10-6-11-22(14-18)17(20-3)21-13-15-7-5-8-16(12-15)25(19,23)24;/h5,7-8,12H,4,6,9-11,13-14H2,1-3H3,(H,20,21)(H2,19,23,24);1H. The normalized spacial score (nSPS) is 21.2. The molecule has 0 radical (unpaired) electrons. The highest BCUT2D eigenvalue weighted by Crippen LogP contribution is 2.33. The maximum atomic E-state index is 11.5. The van der Waals surface area contributed by atoms with E-state index in [2.05, 4.69) is 29.1 Å². The number of nitrogens with zero attached hydrogens (tertiary/aromatic N) is 2. The number of nitrogens with one attached hydrogen (secondary N) is 1. The second-order valence-electron chi connectivity index (χ2n) is 7.18.